The van der Waals surface area contributed by atoms with Gasteiger partial charge in [0.15, 0.2) is 6.61 Å². The molecule has 0 unspecified atom stereocenters. The van der Waals surface area contributed by atoms with Gasteiger partial charge in [-0.3, -0.25) is 33.4 Å². The number of aliphatic hydroxyl groups is 1. The van der Waals surface area contributed by atoms with Crippen molar-refractivity contribution in [2.45, 2.75) is 82.4 Å². The number of nitrogens with one attached hydrogen (secondary N) is 5. The maximum Gasteiger partial charge on any atom is 0.258 e. The molecular weight excluding hydrogens is 686 g/mol. The number of aryl methyl sites for hydroxylation is 1. The number of carbonyl (C=O) groups is 6. The Morgan fingerprint density at radius 2 is 1.75 bits per heavy atom. The maximum atomic E-state index is 14.4. The lowest BCUT2D eigenvalue weighted by Gasteiger charge is -2.30. The van der Waals surface area contributed by atoms with Gasteiger partial charge in [-0.2, -0.15) is 5.10 Å². The molecule has 0 saturated carbocycles. The van der Waals surface area contributed by atoms with Crippen LogP contribution >= 0.6 is 0 Å². The molecule has 4 heterocycles. The molecule has 3 aliphatic heterocycles. The van der Waals surface area contributed by atoms with Crippen molar-refractivity contribution < 1.29 is 38.6 Å². The predicted molar refractivity (Wildman–Crippen MR) is 189 cm³/mol. The second-order valence-electron chi connectivity index (χ2n) is 13.2. The van der Waals surface area contributed by atoms with Gasteiger partial charge in [0.25, 0.3) is 5.91 Å². The van der Waals surface area contributed by atoms with Gasteiger partial charge in [-0.15, -0.1) is 0 Å². The number of hydrogen-bond acceptors (Lipinski definition) is 10. The highest BCUT2D eigenvalue weighted by Crippen LogP contribution is 2.22. The molecule has 6 amide bonds. The lowest BCUT2D eigenvalue weighted by Crippen LogP contribution is -2.60. The maximum absolute atomic E-state index is 14.4. The number of fused-ring (bicyclic) bond motifs is 16. The van der Waals surface area contributed by atoms with Crippen molar-refractivity contribution in [3.63, 3.8) is 0 Å². The van der Waals surface area contributed by atoms with Gasteiger partial charge in [-0.25, -0.2) is 4.98 Å². The van der Waals surface area contributed by atoms with Crippen molar-refractivity contribution in [2.75, 3.05) is 19.7 Å². The summed E-state index contributed by atoms with van der Waals surface area (Å²) in [5.41, 5.74) is 1.63. The lowest BCUT2D eigenvalue weighted by atomic mass is 10.0. The number of hydrogen-bond donors (Lipinski definition) is 6. The Labute approximate surface area is 306 Å². The van der Waals surface area contributed by atoms with Crippen LogP contribution in [0.3, 0.4) is 0 Å². The molecule has 53 heavy (non-hydrogen) atoms. The zero-order chi connectivity index (χ0) is 37.9. The van der Waals surface area contributed by atoms with Crippen LogP contribution in [0, 0.1) is 0 Å². The predicted octanol–water partition coefficient (Wildman–Crippen LogP) is -1.40. The van der Waals surface area contributed by atoms with E-state index in [4.69, 9.17) is 4.74 Å². The molecule has 2 aromatic carbocycles. The highest BCUT2D eigenvalue weighted by Gasteiger charge is 2.44. The summed E-state index contributed by atoms with van der Waals surface area (Å²) in [5.74, 6) is -3.16. The number of benzene rings is 2. The average Bonchev–Trinajstić information content (AvgIpc) is 3.82. The molecule has 6 atom stereocenters. The third kappa shape index (κ3) is 10.8. The molecule has 1 saturated heterocycles. The number of amides is 6. The molecule has 0 spiro atoms. The molecule has 0 aliphatic carbocycles. The summed E-state index contributed by atoms with van der Waals surface area (Å²) in [7, 11) is 0. The minimum atomic E-state index is -1.49. The van der Waals surface area contributed by atoms with Gasteiger partial charge in [0.1, 0.15) is 42.6 Å². The van der Waals surface area contributed by atoms with Crippen LogP contribution in [0.5, 0.6) is 5.75 Å². The zero-order valence-corrected chi connectivity index (χ0v) is 29.6. The Morgan fingerprint density at radius 3 is 2.45 bits per heavy atom. The Morgan fingerprint density at radius 1 is 1.00 bits per heavy atom. The molecule has 6 N–H and O–H groups in total. The number of nitrogens with zero attached hydrogens (tertiary/aromatic N) is 4. The molecule has 17 heteroatoms. The van der Waals surface area contributed by atoms with Crippen LogP contribution in [0.25, 0.3) is 0 Å². The fourth-order valence-electron chi connectivity index (χ4n) is 6.19. The summed E-state index contributed by atoms with van der Waals surface area (Å²) in [6.45, 7) is 2.83. The first-order valence-corrected chi connectivity index (χ1v) is 17.5. The molecule has 3 aromatic rings. The number of aromatic nitrogens is 3. The molecule has 1 aromatic heterocycles. The zero-order valence-electron chi connectivity index (χ0n) is 29.6. The molecule has 17 nitrogen and oxygen atoms in total. The standard InChI is InChI=1S/C36H45N9O8/c1-22-33(49)38-14-12-24-8-10-27(11-9-24)53-19-31(48)42-28(16-25-6-4-3-5-7-25)36(52)45-18-26(41-30(47)13-15-44-21-37-20-39-44)17-29(45)34(50)43-32(23(2)46)35(51)40-22/h3-11,20-23,26,28-29,32,46H,12-19H2,1-2H3,(H,38,49)(H,40,51)(H,41,47)(H,42,48)(H,43,50)/t22-,23+,26-,28-,29-,32-/m0/s1. The summed E-state index contributed by atoms with van der Waals surface area (Å²) in [5, 5.41) is 28.1. The minimum Gasteiger partial charge on any atom is -0.484 e. The van der Waals surface area contributed by atoms with Crippen molar-refractivity contribution in [3.8, 4) is 5.75 Å². The molecule has 0 radical (unpaired) electrons. The quantitative estimate of drug-likeness (QED) is 0.156. The van der Waals surface area contributed by atoms with Gasteiger partial charge in [0.05, 0.1) is 12.6 Å². The molecule has 6 rings (SSSR count). The van der Waals surface area contributed by atoms with Crippen LogP contribution in [0.4, 0.5) is 0 Å². The second kappa shape index (κ2) is 18.1. The molecule has 3 aliphatic rings. The first-order valence-electron chi connectivity index (χ1n) is 17.5. The monoisotopic (exact) mass is 731 g/mol. The van der Waals surface area contributed by atoms with Crippen molar-refractivity contribution in [1.29, 1.82) is 0 Å². The van der Waals surface area contributed by atoms with E-state index in [2.05, 4.69) is 36.7 Å². The van der Waals surface area contributed by atoms with Gasteiger partial charge >= 0.3 is 0 Å². The normalized spacial score (nSPS) is 23.9. The first-order chi connectivity index (χ1) is 25.5. The van der Waals surface area contributed by atoms with E-state index < -0.39 is 72.5 Å². The number of aliphatic hydroxyl groups excluding tert-OH is 1. The van der Waals surface area contributed by atoms with Crippen LogP contribution in [-0.4, -0.2) is 116 Å². The van der Waals surface area contributed by atoms with E-state index in [1.54, 1.807) is 48.5 Å². The summed E-state index contributed by atoms with van der Waals surface area (Å²) in [6.07, 6.45) is 2.03. The summed E-state index contributed by atoms with van der Waals surface area (Å²) < 4.78 is 7.21. The van der Waals surface area contributed by atoms with Crippen molar-refractivity contribution in [2.24, 2.45) is 0 Å². The van der Waals surface area contributed by atoms with Gasteiger partial charge in [0.2, 0.25) is 29.5 Å². The summed E-state index contributed by atoms with van der Waals surface area (Å²) in [4.78, 5) is 85.9. The highest BCUT2D eigenvalue weighted by atomic mass is 16.5. The summed E-state index contributed by atoms with van der Waals surface area (Å²) in [6, 6.07) is 10.5. The SMILES string of the molecule is C[C@@H]1NC(=O)[C@H]([C@@H](C)O)NC(=O)[C@@H]2C[C@H](NC(=O)CCn3cncn3)CN2C(=O)[C@H](Cc2ccccc2)NC(=O)COc2ccc(cc2)CCNC1=O. The van der Waals surface area contributed by atoms with E-state index in [1.165, 1.54) is 36.1 Å². The van der Waals surface area contributed by atoms with Crippen LogP contribution in [-0.2, 0) is 48.2 Å². The Balaban J connectivity index is 1.42. The molecule has 2 bridgehead atoms. The Bertz CT molecular complexity index is 1740. The highest BCUT2D eigenvalue weighted by molar-refractivity contribution is 5.96. The Kier molecular flexibility index (Phi) is 13.1. The number of carbonyl (C=O) groups excluding carboxylic acids is 6. The largest absolute Gasteiger partial charge is 0.484 e. The van der Waals surface area contributed by atoms with E-state index in [1.807, 2.05) is 6.07 Å². The fourth-order valence-corrected chi connectivity index (χ4v) is 6.19. The smallest absolute Gasteiger partial charge is 0.258 e. The van der Waals surface area contributed by atoms with Crippen LogP contribution in [0.15, 0.2) is 67.3 Å². The fraction of sp³-hybridized carbons (Fsp3) is 0.444. The van der Waals surface area contributed by atoms with Gasteiger partial charge in [0, 0.05) is 32.0 Å². The van der Waals surface area contributed by atoms with E-state index >= 15 is 0 Å². The molecule has 282 valence electrons. The third-order valence-corrected chi connectivity index (χ3v) is 9.02. The average molecular weight is 732 g/mol. The molecular formula is C36H45N9O8. The van der Waals surface area contributed by atoms with Crippen molar-refractivity contribution >= 4 is 35.4 Å². The number of ether oxygens (including phenoxy) is 1. The second-order valence-corrected chi connectivity index (χ2v) is 13.2. The van der Waals surface area contributed by atoms with Crippen LogP contribution < -0.4 is 31.3 Å². The van der Waals surface area contributed by atoms with E-state index in [0.717, 1.165) is 11.1 Å². The van der Waals surface area contributed by atoms with E-state index in [-0.39, 0.29) is 44.8 Å². The van der Waals surface area contributed by atoms with Crippen molar-refractivity contribution in [1.82, 2.24) is 46.2 Å². The van der Waals surface area contributed by atoms with Gasteiger partial charge in [-0.05, 0) is 49.9 Å². The third-order valence-electron chi connectivity index (χ3n) is 9.02. The topological polar surface area (TPSA) is 226 Å². The van der Waals surface area contributed by atoms with Gasteiger partial charge in [-0.1, -0.05) is 42.5 Å². The van der Waals surface area contributed by atoms with Crippen LogP contribution in [0.1, 0.15) is 37.8 Å². The first kappa shape index (κ1) is 38.4. The lowest BCUT2D eigenvalue weighted by molar-refractivity contribution is -0.143. The molecule has 1 fully saturated rings. The Hall–Kier alpha value is -5.84. The van der Waals surface area contributed by atoms with E-state index in [9.17, 15) is 33.9 Å². The summed E-state index contributed by atoms with van der Waals surface area (Å²) >= 11 is 0. The van der Waals surface area contributed by atoms with Crippen molar-refractivity contribution in [3.05, 3.63) is 78.4 Å². The number of rotatable bonds is 7. The van der Waals surface area contributed by atoms with Crippen LogP contribution in [0.2, 0.25) is 0 Å². The van der Waals surface area contributed by atoms with Gasteiger partial charge < -0.3 is 41.3 Å². The minimum absolute atomic E-state index is 0.0231. The van der Waals surface area contributed by atoms with E-state index in [0.29, 0.717) is 12.2 Å².